The molecule has 1 aliphatic heterocycles. The lowest BCUT2D eigenvalue weighted by atomic mass is 9.93. The molecule has 2 N–H and O–H groups in total. The first kappa shape index (κ1) is 28.1. The van der Waals surface area contributed by atoms with Crippen LogP contribution >= 0.6 is 0 Å². The van der Waals surface area contributed by atoms with Crippen molar-refractivity contribution in [2.75, 3.05) is 13.6 Å². The number of carboxylic acid groups (broad SMARTS) is 1. The highest BCUT2D eigenvalue weighted by molar-refractivity contribution is 5.90. The topological polar surface area (TPSA) is 90.0 Å². The summed E-state index contributed by atoms with van der Waals surface area (Å²) in [6.45, 7) is 14.6. The molecule has 0 saturated carbocycles. The molecule has 5 atom stereocenters. The maximum atomic E-state index is 13.6. The molecular weight excluding hydrogens is 406 g/mol. The fraction of sp³-hybridized carbons (Fsp3) is 0.800. The van der Waals surface area contributed by atoms with Gasteiger partial charge in [-0.1, -0.05) is 53.5 Å². The third kappa shape index (κ3) is 7.32. The van der Waals surface area contributed by atoms with Crippen molar-refractivity contribution in [1.82, 2.24) is 15.1 Å². The maximum Gasteiger partial charge on any atom is 0.331 e. The van der Waals surface area contributed by atoms with Crippen LogP contribution in [0.4, 0.5) is 0 Å². The molecule has 1 fully saturated rings. The zero-order chi connectivity index (χ0) is 24.6. The van der Waals surface area contributed by atoms with Crippen molar-refractivity contribution >= 4 is 17.8 Å². The summed E-state index contributed by atoms with van der Waals surface area (Å²) >= 11 is 0. The first-order chi connectivity index (χ1) is 15.0. The van der Waals surface area contributed by atoms with Crippen molar-refractivity contribution < 1.29 is 19.5 Å². The van der Waals surface area contributed by atoms with Gasteiger partial charge in [-0.25, -0.2) is 4.79 Å². The molecule has 1 saturated heterocycles. The van der Waals surface area contributed by atoms with E-state index in [1.54, 1.807) is 18.0 Å². The van der Waals surface area contributed by atoms with Gasteiger partial charge in [0.15, 0.2) is 0 Å². The van der Waals surface area contributed by atoms with Crippen LogP contribution in [-0.2, 0) is 14.4 Å². The Morgan fingerprint density at radius 2 is 1.75 bits per heavy atom. The Balaban J connectivity index is 3.13. The number of piperidine rings is 1. The van der Waals surface area contributed by atoms with Gasteiger partial charge in [0, 0.05) is 18.7 Å². The molecule has 0 aromatic carbocycles. The normalized spacial score (nSPS) is 21.5. The zero-order valence-corrected chi connectivity index (χ0v) is 21.4. The molecule has 1 aliphatic rings. The van der Waals surface area contributed by atoms with Gasteiger partial charge in [-0.15, -0.1) is 0 Å². The number of nitrogens with zero attached hydrogens (tertiary/aromatic N) is 2. The van der Waals surface area contributed by atoms with E-state index in [-0.39, 0.29) is 41.3 Å². The van der Waals surface area contributed by atoms with E-state index in [1.807, 2.05) is 27.7 Å². The van der Waals surface area contributed by atoms with Gasteiger partial charge in [0.2, 0.25) is 11.8 Å². The van der Waals surface area contributed by atoms with Crippen LogP contribution in [0.1, 0.15) is 80.6 Å². The summed E-state index contributed by atoms with van der Waals surface area (Å²) in [5.74, 6) is -1.24. The number of nitrogens with one attached hydrogen (secondary N) is 1. The Labute approximate surface area is 194 Å². The van der Waals surface area contributed by atoms with E-state index in [0.717, 1.165) is 38.6 Å². The van der Waals surface area contributed by atoms with E-state index < -0.39 is 12.0 Å². The number of carbonyl (C=O) groups is 3. The predicted octanol–water partition coefficient (Wildman–Crippen LogP) is 3.68. The molecule has 2 amide bonds. The number of aliphatic carboxylic acids is 1. The van der Waals surface area contributed by atoms with Crippen molar-refractivity contribution in [2.24, 2.45) is 11.8 Å². The van der Waals surface area contributed by atoms with Gasteiger partial charge in [0.05, 0.1) is 12.1 Å². The number of likely N-dealkylation sites (N-methyl/N-ethyl adjacent to an activating group) is 1. The van der Waals surface area contributed by atoms with Gasteiger partial charge < -0.3 is 15.3 Å². The minimum atomic E-state index is -0.995. The summed E-state index contributed by atoms with van der Waals surface area (Å²) in [6.07, 6.45) is 6.28. The molecule has 0 spiro atoms. The van der Waals surface area contributed by atoms with Gasteiger partial charge >= 0.3 is 5.97 Å². The highest BCUT2D eigenvalue weighted by atomic mass is 16.4. The van der Waals surface area contributed by atoms with Gasteiger partial charge in [-0.2, -0.15) is 0 Å². The van der Waals surface area contributed by atoms with E-state index in [4.69, 9.17) is 0 Å². The van der Waals surface area contributed by atoms with Crippen LogP contribution in [0, 0.1) is 11.8 Å². The molecule has 1 heterocycles. The lowest BCUT2D eigenvalue weighted by Crippen LogP contribution is -2.59. The summed E-state index contributed by atoms with van der Waals surface area (Å²) in [4.78, 5) is 42.1. The second kappa shape index (κ2) is 13.0. The van der Waals surface area contributed by atoms with Gasteiger partial charge in [0.25, 0.3) is 0 Å². The molecule has 184 valence electrons. The molecule has 7 heteroatoms. The highest BCUT2D eigenvalue weighted by Crippen LogP contribution is 2.23. The molecule has 0 aromatic heterocycles. The van der Waals surface area contributed by atoms with Crippen LogP contribution in [0.5, 0.6) is 0 Å². The third-order valence-corrected chi connectivity index (χ3v) is 7.02. The highest BCUT2D eigenvalue weighted by Gasteiger charge is 2.36. The summed E-state index contributed by atoms with van der Waals surface area (Å²) in [7, 11) is 1.70. The fourth-order valence-electron chi connectivity index (χ4n) is 4.38. The summed E-state index contributed by atoms with van der Waals surface area (Å²) in [6, 6.07) is -0.898. The van der Waals surface area contributed by atoms with Crippen LogP contribution < -0.4 is 5.32 Å². The quantitative estimate of drug-likeness (QED) is 0.468. The second-order valence-corrected chi connectivity index (χ2v) is 9.72. The van der Waals surface area contributed by atoms with E-state index >= 15 is 0 Å². The van der Waals surface area contributed by atoms with Gasteiger partial charge in [-0.05, 0) is 51.5 Å². The van der Waals surface area contributed by atoms with E-state index in [9.17, 15) is 19.5 Å². The van der Waals surface area contributed by atoms with Gasteiger partial charge in [-0.3, -0.25) is 14.5 Å². The van der Waals surface area contributed by atoms with Crippen molar-refractivity contribution in [2.45, 2.75) is 105 Å². The number of likely N-dealkylation sites (tertiary alicyclic amines) is 1. The van der Waals surface area contributed by atoms with Crippen LogP contribution in [0.3, 0.4) is 0 Å². The molecule has 32 heavy (non-hydrogen) atoms. The number of carbonyl (C=O) groups excluding carboxylic acids is 2. The van der Waals surface area contributed by atoms with Crippen molar-refractivity contribution in [3.05, 3.63) is 11.6 Å². The van der Waals surface area contributed by atoms with E-state index in [0.29, 0.717) is 6.04 Å². The third-order valence-electron chi connectivity index (χ3n) is 7.02. The Hall–Kier alpha value is -1.89. The van der Waals surface area contributed by atoms with Crippen LogP contribution in [0.2, 0.25) is 0 Å². The molecule has 0 radical (unpaired) electrons. The lowest BCUT2D eigenvalue weighted by Gasteiger charge is -2.40. The number of rotatable bonds is 11. The zero-order valence-electron chi connectivity index (χ0n) is 21.4. The molecule has 1 rings (SSSR count). The second-order valence-electron chi connectivity index (χ2n) is 9.72. The van der Waals surface area contributed by atoms with E-state index in [1.165, 1.54) is 6.92 Å². The Kier molecular flexibility index (Phi) is 11.4. The summed E-state index contributed by atoms with van der Waals surface area (Å²) < 4.78 is 0. The van der Waals surface area contributed by atoms with Crippen LogP contribution in [-0.4, -0.2) is 70.4 Å². The minimum Gasteiger partial charge on any atom is -0.478 e. The predicted molar refractivity (Wildman–Crippen MR) is 128 cm³/mol. The number of amides is 2. The van der Waals surface area contributed by atoms with Crippen LogP contribution in [0.25, 0.3) is 0 Å². The molecule has 1 unspecified atom stereocenters. The molecule has 0 bridgehead atoms. The fourth-order valence-corrected chi connectivity index (χ4v) is 4.38. The SMILES string of the molecule is CCC(C)N1CCCC[C@@H]1C(=O)N[C@@H](C(=O)N(C)[C@H](C=C(C)C(=O)O)C(C)C)[C@H](C)CC. The van der Waals surface area contributed by atoms with Crippen LogP contribution in [0.15, 0.2) is 11.6 Å². The Morgan fingerprint density at radius 3 is 2.25 bits per heavy atom. The Morgan fingerprint density at radius 1 is 1.12 bits per heavy atom. The largest absolute Gasteiger partial charge is 0.478 e. The summed E-state index contributed by atoms with van der Waals surface area (Å²) in [5, 5.41) is 12.4. The first-order valence-electron chi connectivity index (χ1n) is 12.2. The smallest absolute Gasteiger partial charge is 0.331 e. The summed E-state index contributed by atoms with van der Waals surface area (Å²) in [5.41, 5.74) is 0.207. The van der Waals surface area contributed by atoms with Crippen molar-refractivity contribution in [3.8, 4) is 0 Å². The Bertz CT molecular complexity index is 676. The van der Waals surface area contributed by atoms with Gasteiger partial charge in [0.1, 0.15) is 6.04 Å². The van der Waals surface area contributed by atoms with E-state index in [2.05, 4.69) is 24.1 Å². The maximum absolute atomic E-state index is 13.6. The molecule has 0 aliphatic carbocycles. The van der Waals surface area contributed by atoms with Crippen molar-refractivity contribution in [1.29, 1.82) is 0 Å². The average molecular weight is 452 g/mol. The number of carboxylic acids is 1. The number of hydrogen-bond donors (Lipinski definition) is 2. The van der Waals surface area contributed by atoms with Crippen molar-refractivity contribution in [3.63, 3.8) is 0 Å². The molecule has 0 aromatic rings. The number of hydrogen-bond acceptors (Lipinski definition) is 4. The average Bonchev–Trinajstić information content (AvgIpc) is 2.78. The standard InChI is InChI=1S/C25H45N3O4/c1-9-17(5)22(24(30)27(8)21(16(3)4)15-18(6)25(31)32)26-23(29)20-13-11-12-14-28(20)19(7)10-2/h15-17,19-22H,9-14H2,1-8H3,(H,26,29)(H,31,32)/t17-,19?,20-,21-,22-/m1/s1. The molecular formula is C25H45N3O4. The monoisotopic (exact) mass is 451 g/mol. The first-order valence-corrected chi connectivity index (χ1v) is 12.2. The molecule has 7 nitrogen and oxygen atoms in total. The minimum absolute atomic E-state index is 0.0331. The lowest BCUT2D eigenvalue weighted by molar-refractivity contribution is -0.140.